The summed E-state index contributed by atoms with van der Waals surface area (Å²) in [6, 6.07) is 0. The second-order valence-electron chi connectivity index (χ2n) is 11.5. The minimum atomic E-state index is -0.276. The summed E-state index contributed by atoms with van der Waals surface area (Å²) in [5.74, 6) is 5.18. The van der Waals surface area contributed by atoms with Gasteiger partial charge in [-0.25, -0.2) is 4.68 Å². The molecule has 1 heterocycles. The number of nitrogens with zero attached hydrogens (tertiary/aromatic N) is 3. The summed E-state index contributed by atoms with van der Waals surface area (Å²) in [6.45, 7) is 4.74. The molecule has 5 nitrogen and oxygen atoms in total. The zero-order valence-corrected chi connectivity index (χ0v) is 17.9. The van der Waals surface area contributed by atoms with Crippen LogP contribution < -0.4 is 0 Å². The molecular formula is C24H35N3O2. The van der Waals surface area contributed by atoms with Gasteiger partial charge in [-0.15, -0.1) is 5.10 Å². The Hall–Kier alpha value is -1.23. The van der Waals surface area contributed by atoms with Crippen molar-refractivity contribution in [1.82, 2.24) is 15.0 Å². The molecule has 158 valence electrons. The van der Waals surface area contributed by atoms with E-state index in [4.69, 9.17) is 0 Å². The van der Waals surface area contributed by atoms with Crippen LogP contribution in [0.25, 0.3) is 0 Å². The molecule has 5 aliphatic rings. The van der Waals surface area contributed by atoms with Gasteiger partial charge in [-0.2, -0.15) is 0 Å². The molecule has 0 saturated heterocycles. The van der Waals surface area contributed by atoms with Crippen LogP contribution in [0.5, 0.6) is 0 Å². The molecule has 1 aromatic rings. The highest BCUT2D eigenvalue weighted by Crippen LogP contribution is 2.68. The number of hydrogen-bond acceptors (Lipinski definition) is 4. The van der Waals surface area contributed by atoms with E-state index in [0.29, 0.717) is 24.2 Å². The maximum Gasteiger partial charge on any atom is 0.157 e. The molecule has 5 fully saturated rings. The fraction of sp³-hybridized carbons (Fsp3) is 0.875. The van der Waals surface area contributed by atoms with Gasteiger partial charge in [-0.3, -0.25) is 4.79 Å². The van der Waals surface area contributed by atoms with Crippen LogP contribution in [-0.4, -0.2) is 31.5 Å². The Labute approximate surface area is 173 Å². The third-order valence-electron chi connectivity index (χ3n) is 10.3. The van der Waals surface area contributed by atoms with E-state index in [2.05, 4.69) is 17.2 Å². The highest BCUT2D eigenvalue weighted by atomic mass is 16.3. The highest BCUT2D eigenvalue weighted by molar-refractivity contribution is 5.82. The van der Waals surface area contributed by atoms with E-state index in [1.165, 1.54) is 38.5 Å². The standard InChI is InChI=1S/C24H35N3O2/c1-14-12-27(26-25-14)13-22(28)20-6-5-19-17-3-4-18-16(8-10-24(29)11-21(18)24)15(17)7-9-23(19,20)2/h12,15-21,29H,3-11,13H2,1-2H3/t15-,16-,17-,18+,19+,20-,21?,23+,24+/m1/s1. The molecule has 5 heteroatoms. The number of ketones is 1. The average molecular weight is 398 g/mol. The van der Waals surface area contributed by atoms with Crippen LogP contribution >= 0.6 is 0 Å². The Bertz CT molecular complexity index is 836. The number of aliphatic hydroxyl groups is 1. The lowest BCUT2D eigenvalue weighted by Crippen LogP contribution is -2.50. The van der Waals surface area contributed by atoms with Gasteiger partial charge in [0.2, 0.25) is 0 Å². The fourth-order valence-electron chi connectivity index (χ4n) is 8.96. The van der Waals surface area contributed by atoms with E-state index in [9.17, 15) is 9.90 Å². The van der Waals surface area contributed by atoms with Crippen LogP contribution in [0.15, 0.2) is 6.20 Å². The Balaban J connectivity index is 1.20. The van der Waals surface area contributed by atoms with Crippen molar-refractivity contribution in [3.05, 3.63) is 11.9 Å². The Morgan fingerprint density at radius 2 is 1.79 bits per heavy atom. The van der Waals surface area contributed by atoms with E-state index in [1.54, 1.807) is 4.68 Å². The van der Waals surface area contributed by atoms with Gasteiger partial charge in [0.1, 0.15) is 6.54 Å². The molecule has 0 spiro atoms. The molecule has 0 bridgehead atoms. The first-order valence-electron chi connectivity index (χ1n) is 12.0. The Kier molecular flexibility index (Phi) is 3.93. The quantitative estimate of drug-likeness (QED) is 0.843. The molecule has 29 heavy (non-hydrogen) atoms. The molecule has 1 aromatic heterocycles. The molecule has 9 atom stereocenters. The van der Waals surface area contributed by atoms with Gasteiger partial charge in [0.25, 0.3) is 0 Å². The van der Waals surface area contributed by atoms with Gasteiger partial charge >= 0.3 is 0 Å². The molecule has 5 saturated carbocycles. The summed E-state index contributed by atoms with van der Waals surface area (Å²) in [7, 11) is 0. The fourth-order valence-corrected chi connectivity index (χ4v) is 8.96. The Morgan fingerprint density at radius 3 is 2.52 bits per heavy atom. The topological polar surface area (TPSA) is 68.0 Å². The van der Waals surface area contributed by atoms with E-state index >= 15 is 0 Å². The highest BCUT2D eigenvalue weighted by Gasteiger charge is 2.65. The van der Waals surface area contributed by atoms with Gasteiger partial charge in [-0.1, -0.05) is 12.1 Å². The summed E-state index contributed by atoms with van der Waals surface area (Å²) < 4.78 is 1.73. The molecule has 0 aromatic carbocycles. The number of carbonyl (C=O) groups is 1. The third-order valence-corrected chi connectivity index (χ3v) is 10.3. The molecule has 5 aliphatic carbocycles. The van der Waals surface area contributed by atoms with Crippen LogP contribution in [0.4, 0.5) is 0 Å². The molecule has 1 unspecified atom stereocenters. The van der Waals surface area contributed by atoms with E-state index in [1.807, 2.05) is 13.1 Å². The average Bonchev–Trinajstić information content (AvgIpc) is 3.02. The van der Waals surface area contributed by atoms with Gasteiger partial charge < -0.3 is 5.11 Å². The van der Waals surface area contributed by atoms with Gasteiger partial charge in [0, 0.05) is 12.1 Å². The number of hydrogen-bond donors (Lipinski definition) is 1. The van der Waals surface area contributed by atoms with Gasteiger partial charge in [-0.05, 0) is 106 Å². The molecule has 0 amide bonds. The van der Waals surface area contributed by atoms with Crippen molar-refractivity contribution in [1.29, 1.82) is 0 Å². The number of aryl methyl sites for hydroxylation is 1. The van der Waals surface area contributed by atoms with Crippen LogP contribution in [0.1, 0.15) is 70.4 Å². The monoisotopic (exact) mass is 397 g/mol. The summed E-state index contributed by atoms with van der Waals surface area (Å²) in [4.78, 5) is 13.2. The molecule has 6 rings (SSSR count). The smallest absolute Gasteiger partial charge is 0.157 e. The zero-order valence-electron chi connectivity index (χ0n) is 17.9. The lowest BCUT2D eigenvalue weighted by atomic mass is 9.49. The maximum absolute atomic E-state index is 13.2. The van der Waals surface area contributed by atoms with Crippen LogP contribution in [0.2, 0.25) is 0 Å². The van der Waals surface area contributed by atoms with Crippen molar-refractivity contribution in [2.45, 2.75) is 83.8 Å². The van der Waals surface area contributed by atoms with Crippen LogP contribution in [0, 0.1) is 53.8 Å². The lowest BCUT2D eigenvalue weighted by molar-refractivity contribution is -0.131. The molecule has 0 aliphatic heterocycles. The van der Waals surface area contributed by atoms with E-state index in [-0.39, 0.29) is 16.9 Å². The van der Waals surface area contributed by atoms with E-state index in [0.717, 1.165) is 48.6 Å². The van der Waals surface area contributed by atoms with Crippen molar-refractivity contribution in [3.63, 3.8) is 0 Å². The molecule has 0 radical (unpaired) electrons. The number of Topliss-reactive ketones (excluding diaryl/α,β-unsaturated/α-hetero) is 1. The van der Waals surface area contributed by atoms with Crippen molar-refractivity contribution in [2.24, 2.45) is 46.8 Å². The SMILES string of the molecule is Cc1cn(CC(=O)[C@H]2CC[C@H]3[C@@H]4CC[C@@H]5C6C[C@@]6(O)CC[C@@H]5[C@H]4CC[C@]23C)nn1. The Morgan fingerprint density at radius 1 is 1.07 bits per heavy atom. The number of rotatable bonds is 3. The molecule has 1 N–H and O–H groups in total. The van der Waals surface area contributed by atoms with Crippen LogP contribution in [0.3, 0.4) is 0 Å². The minimum absolute atomic E-state index is 0.176. The summed E-state index contributed by atoms with van der Waals surface area (Å²) in [5, 5.41) is 18.8. The van der Waals surface area contributed by atoms with Gasteiger partial charge in [0.15, 0.2) is 5.78 Å². The number of aromatic nitrogens is 3. The predicted octanol–water partition coefficient (Wildman–Crippen LogP) is 3.79. The largest absolute Gasteiger partial charge is 0.390 e. The lowest BCUT2D eigenvalue weighted by Gasteiger charge is -2.56. The van der Waals surface area contributed by atoms with Crippen molar-refractivity contribution >= 4 is 5.78 Å². The second kappa shape index (κ2) is 6.15. The zero-order chi connectivity index (χ0) is 20.0. The van der Waals surface area contributed by atoms with Crippen molar-refractivity contribution in [3.8, 4) is 0 Å². The third kappa shape index (κ3) is 2.65. The first-order valence-corrected chi connectivity index (χ1v) is 12.0. The minimum Gasteiger partial charge on any atom is -0.390 e. The first-order chi connectivity index (χ1) is 13.9. The number of fused-ring (bicyclic) bond motifs is 7. The van der Waals surface area contributed by atoms with Crippen molar-refractivity contribution in [2.75, 3.05) is 0 Å². The van der Waals surface area contributed by atoms with E-state index < -0.39 is 0 Å². The summed E-state index contributed by atoms with van der Waals surface area (Å²) in [6.07, 6.45) is 12.7. The predicted molar refractivity (Wildman–Crippen MR) is 109 cm³/mol. The summed E-state index contributed by atoms with van der Waals surface area (Å²) >= 11 is 0. The maximum atomic E-state index is 13.2. The first kappa shape index (κ1) is 18.5. The second-order valence-corrected chi connectivity index (χ2v) is 11.5. The van der Waals surface area contributed by atoms with Gasteiger partial charge in [0.05, 0.1) is 11.3 Å². The van der Waals surface area contributed by atoms with Crippen molar-refractivity contribution < 1.29 is 9.90 Å². The summed E-state index contributed by atoms with van der Waals surface area (Å²) in [5.41, 5.74) is 0.776. The number of carbonyl (C=O) groups excluding carboxylic acids is 1. The normalized spacial score (nSPS) is 50.2. The molecular weight excluding hydrogens is 362 g/mol. The van der Waals surface area contributed by atoms with Crippen LogP contribution in [-0.2, 0) is 11.3 Å².